The van der Waals surface area contributed by atoms with Crippen LogP contribution in [0.15, 0.2) is 28.4 Å². The Hall–Kier alpha value is -1.02. The Morgan fingerprint density at radius 3 is 2.78 bits per heavy atom. The molecule has 18 heavy (non-hydrogen) atoms. The lowest BCUT2D eigenvalue weighted by molar-refractivity contribution is 0.393. The summed E-state index contributed by atoms with van der Waals surface area (Å²) in [4.78, 5) is 0. The molecule has 1 aliphatic carbocycles. The number of rotatable bonds is 5. The second-order valence-corrected chi connectivity index (χ2v) is 5.61. The summed E-state index contributed by atoms with van der Waals surface area (Å²) in [6.45, 7) is 5.39. The Labute approximate surface area is 110 Å². The first-order valence-corrected chi connectivity index (χ1v) is 7.23. The molecule has 2 heteroatoms. The molecule has 0 spiro atoms. The van der Waals surface area contributed by atoms with E-state index in [1.165, 1.54) is 37.7 Å². The lowest BCUT2D eigenvalue weighted by Gasteiger charge is -2.25. The van der Waals surface area contributed by atoms with Gasteiger partial charge in [0.25, 0.3) is 0 Å². The zero-order valence-corrected chi connectivity index (χ0v) is 11.6. The van der Waals surface area contributed by atoms with E-state index in [4.69, 9.17) is 4.42 Å². The van der Waals surface area contributed by atoms with Crippen LogP contribution in [0.4, 0.5) is 0 Å². The number of nitrogens with one attached hydrogen (secondary N) is 1. The maximum Gasteiger partial charge on any atom is 0.126 e. The van der Waals surface area contributed by atoms with E-state index < -0.39 is 0 Å². The van der Waals surface area contributed by atoms with Crippen LogP contribution < -0.4 is 5.32 Å². The highest BCUT2D eigenvalue weighted by molar-refractivity contribution is 5.48. The third-order valence-corrected chi connectivity index (χ3v) is 3.71. The van der Waals surface area contributed by atoms with E-state index in [0.717, 1.165) is 18.2 Å². The average Bonchev–Trinajstić information content (AvgIpc) is 2.88. The molecule has 1 aromatic heterocycles. The summed E-state index contributed by atoms with van der Waals surface area (Å²) in [5, 5.41) is 3.55. The van der Waals surface area contributed by atoms with Crippen molar-refractivity contribution in [2.75, 3.05) is 6.54 Å². The van der Waals surface area contributed by atoms with Crippen molar-refractivity contribution in [1.29, 1.82) is 0 Å². The van der Waals surface area contributed by atoms with Gasteiger partial charge in [0.2, 0.25) is 0 Å². The first-order chi connectivity index (χ1) is 8.75. The molecule has 0 amide bonds. The molecule has 0 aliphatic heterocycles. The number of furan rings is 1. The average molecular weight is 247 g/mol. The Morgan fingerprint density at radius 1 is 1.39 bits per heavy atom. The predicted octanol–water partition coefficient (Wildman–Crippen LogP) is 4.24. The highest BCUT2D eigenvalue weighted by atomic mass is 16.3. The minimum atomic E-state index is 0.536. The Kier molecular flexibility index (Phi) is 5.06. The van der Waals surface area contributed by atoms with Crippen molar-refractivity contribution in [2.45, 2.75) is 52.0 Å². The van der Waals surface area contributed by atoms with E-state index in [-0.39, 0.29) is 0 Å². The molecular formula is C16H25NO. The molecule has 1 saturated carbocycles. The van der Waals surface area contributed by atoms with Crippen LogP contribution >= 0.6 is 0 Å². The fourth-order valence-corrected chi connectivity index (χ4v) is 2.66. The van der Waals surface area contributed by atoms with Crippen molar-refractivity contribution in [2.24, 2.45) is 5.92 Å². The standard InChI is InChI=1S/C16H25NO/c1-13(2)17-12-15(11-16-9-6-10-18-16)14-7-4-3-5-8-14/h6,9-11,13-14,17H,3-5,7-8,12H2,1-2H3. The lowest BCUT2D eigenvalue weighted by atomic mass is 9.83. The van der Waals surface area contributed by atoms with E-state index in [9.17, 15) is 0 Å². The molecule has 0 unspecified atom stereocenters. The van der Waals surface area contributed by atoms with Gasteiger partial charge in [-0.3, -0.25) is 0 Å². The normalized spacial score (nSPS) is 18.5. The molecule has 2 rings (SSSR count). The topological polar surface area (TPSA) is 25.2 Å². The van der Waals surface area contributed by atoms with Gasteiger partial charge in [0, 0.05) is 12.6 Å². The smallest absolute Gasteiger partial charge is 0.126 e. The van der Waals surface area contributed by atoms with Crippen LogP contribution in [0.25, 0.3) is 6.08 Å². The van der Waals surface area contributed by atoms with Crippen LogP contribution in [0.5, 0.6) is 0 Å². The second kappa shape index (κ2) is 6.79. The van der Waals surface area contributed by atoms with Gasteiger partial charge in [0.15, 0.2) is 0 Å². The number of hydrogen-bond acceptors (Lipinski definition) is 2. The molecule has 0 radical (unpaired) electrons. The third-order valence-electron chi connectivity index (χ3n) is 3.71. The van der Waals surface area contributed by atoms with Gasteiger partial charge in [-0.15, -0.1) is 0 Å². The first kappa shape index (κ1) is 13.4. The monoisotopic (exact) mass is 247 g/mol. The largest absolute Gasteiger partial charge is 0.465 e. The van der Waals surface area contributed by atoms with Gasteiger partial charge in [-0.2, -0.15) is 0 Å². The molecule has 0 atom stereocenters. The minimum absolute atomic E-state index is 0.536. The summed E-state index contributed by atoms with van der Waals surface area (Å²) < 4.78 is 5.46. The Morgan fingerprint density at radius 2 is 2.17 bits per heavy atom. The summed E-state index contributed by atoms with van der Waals surface area (Å²) in [7, 11) is 0. The van der Waals surface area contributed by atoms with Crippen LogP contribution in [0.3, 0.4) is 0 Å². The maximum atomic E-state index is 5.46. The highest BCUT2D eigenvalue weighted by Gasteiger charge is 2.18. The zero-order valence-electron chi connectivity index (χ0n) is 11.6. The van der Waals surface area contributed by atoms with E-state index in [1.54, 1.807) is 6.26 Å². The maximum absolute atomic E-state index is 5.46. The van der Waals surface area contributed by atoms with Crippen LogP contribution in [-0.2, 0) is 0 Å². The predicted molar refractivity (Wildman–Crippen MR) is 76.4 cm³/mol. The quantitative estimate of drug-likeness (QED) is 0.841. The second-order valence-electron chi connectivity index (χ2n) is 5.61. The highest BCUT2D eigenvalue weighted by Crippen LogP contribution is 2.30. The SMILES string of the molecule is CC(C)NCC(=Cc1ccco1)C1CCCCC1. The van der Waals surface area contributed by atoms with Crippen molar-refractivity contribution in [3.8, 4) is 0 Å². The van der Waals surface area contributed by atoms with Crippen LogP contribution in [0, 0.1) is 5.92 Å². The van der Waals surface area contributed by atoms with Gasteiger partial charge in [-0.05, 0) is 42.5 Å². The van der Waals surface area contributed by atoms with Crippen molar-refractivity contribution < 1.29 is 4.42 Å². The molecule has 1 N–H and O–H groups in total. The van der Waals surface area contributed by atoms with Gasteiger partial charge in [-0.25, -0.2) is 0 Å². The van der Waals surface area contributed by atoms with E-state index >= 15 is 0 Å². The van der Waals surface area contributed by atoms with Crippen LogP contribution in [-0.4, -0.2) is 12.6 Å². The van der Waals surface area contributed by atoms with Crippen LogP contribution in [0.2, 0.25) is 0 Å². The van der Waals surface area contributed by atoms with Gasteiger partial charge in [0.1, 0.15) is 5.76 Å². The zero-order chi connectivity index (χ0) is 12.8. The van der Waals surface area contributed by atoms with Gasteiger partial charge in [-0.1, -0.05) is 33.1 Å². The summed E-state index contributed by atoms with van der Waals surface area (Å²) in [6.07, 6.45) is 10.8. The molecule has 1 aliphatic rings. The fourth-order valence-electron chi connectivity index (χ4n) is 2.66. The molecule has 0 saturated heterocycles. The van der Waals surface area contributed by atoms with Crippen molar-refractivity contribution >= 4 is 6.08 Å². The molecule has 1 fully saturated rings. The van der Waals surface area contributed by atoms with Crippen molar-refractivity contribution in [3.05, 3.63) is 29.7 Å². The third kappa shape index (κ3) is 4.02. The molecule has 0 bridgehead atoms. The first-order valence-electron chi connectivity index (χ1n) is 7.23. The molecule has 2 nitrogen and oxygen atoms in total. The van der Waals surface area contributed by atoms with Gasteiger partial charge < -0.3 is 9.73 Å². The summed E-state index contributed by atoms with van der Waals surface area (Å²) in [5.74, 6) is 1.73. The van der Waals surface area contributed by atoms with Crippen molar-refractivity contribution in [3.63, 3.8) is 0 Å². The number of hydrogen-bond donors (Lipinski definition) is 1. The molecule has 1 aromatic rings. The molecule has 100 valence electrons. The Bertz CT molecular complexity index is 358. The van der Waals surface area contributed by atoms with E-state index in [0.29, 0.717) is 6.04 Å². The Balaban J connectivity index is 2.06. The van der Waals surface area contributed by atoms with Gasteiger partial charge in [0.05, 0.1) is 6.26 Å². The van der Waals surface area contributed by atoms with E-state index in [1.807, 2.05) is 12.1 Å². The van der Waals surface area contributed by atoms with Crippen LogP contribution in [0.1, 0.15) is 51.7 Å². The van der Waals surface area contributed by atoms with Gasteiger partial charge >= 0.3 is 0 Å². The summed E-state index contributed by atoms with van der Waals surface area (Å²) in [6, 6.07) is 4.53. The summed E-state index contributed by atoms with van der Waals surface area (Å²) in [5.41, 5.74) is 1.51. The molecule has 1 heterocycles. The van der Waals surface area contributed by atoms with E-state index in [2.05, 4.69) is 25.2 Å². The minimum Gasteiger partial charge on any atom is -0.465 e. The van der Waals surface area contributed by atoms with Crippen molar-refractivity contribution in [1.82, 2.24) is 5.32 Å². The molecule has 0 aromatic carbocycles. The fraction of sp³-hybridized carbons (Fsp3) is 0.625. The molecular weight excluding hydrogens is 222 g/mol. The lowest BCUT2D eigenvalue weighted by Crippen LogP contribution is -2.27. The summed E-state index contributed by atoms with van der Waals surface area (Å²) >= 11 is 0.